The van der Waals surface area contributed by atoms with Gasteiger partial charge in [0.1, 0.15) is 0 Å². The highest BCUT2D eigenvalue weighted by molar-refractivity contribution is 9.10. The third-order valence-corrected chi connectivity index (χ3v) is 3.24. The molecular formula is C11H12BrN5O2. The molecular weight excluding hydrogens is 314 g/mol. The number of rotatable bonds is 4. The molecule has 1 aromatic heterocycles. The molecule has 0 aliphatic heterocycles. The lowest BCUT2D eigenvalue weighted by Crippen LogP contribution is -2.05. The first-order valence-electron chi connectivity index (χ1n) is 5.53. The van der Waals surface area contributed by atoms with E-state index < -0.39 is 4.92 Å². The maximum atomic E-state index is 11.0. The molecule has 1 aromatic carbocycles. The van der Waals surface area contributed by atoms with Crippen molar-refractivity contribution in [3.05, 3.63) is 44.2 Å². The molecule has 0 spiro atoms. The Morgan fingerprint density at radius 3 is 2.89 bits per heavy atom. The van der Waals surface area contributed by atoms with E-state index in [-0.39, 0.29) is 5.69 Å². The molecule has 0 atom stereocenters. The number of halogens is 1. The fraction of sp³-hybridized carbons (Fsp3) is 0.273. The summed E-state index contributed by atoms with van der Waals surface area (Å²) in [6, 6.07) is 3.18. The minimum atomic E-state index is -0.406. The highest BCUT2D eigenvalue weighted by atomic mass is 79.9. The van der Waals surface area contributed by atoms with E-state index >= 15 is 0 Å². The second-order valence-electron chi connectivity index (χ2n) is 4.03. The zero-order valence-electron chi connectivity index (χ0n) is 10.4. The summed E-state index contributed by atoms with van der Waals surface area (Å²) in [6.45, 7) is 2.28. The monoisotopic (exact) mass is 325 g/mol. The first-order valence-corrected chi connectivity index (χ1v) is 6.33. The Hall–Kier alpha value is -1.80. The van der Waals surface area contributed by atoms with Crippen molar-refractivity contribution in [1.29, 1.82) is 0 Å². The fourth-order valence-electron chi connectivity index (χ4n) is 1.70. The van der Waals surface area contributed by atoms with E-state index in [2.05, 4.69) is 31.6 Å². The lowest BCUT2D eigenvalue weighted by atomic mass is 10.2. The number of benzene rings is 1. The predicted molar refractivity (Wildman–Crippen MR) is 73.2 cm³/mol. The molecule has 0 bridgehead atoms. The van der Waals surface area contributed by atoms with Gasteiger partial charge in [0.2, 0.25) is 0 Å². The van der Waals surface area contributed by atoms with Crippen LogP contribution in [0.2, 0.25) is 0 Å². The molecule has 1 N–H and O–H groups in total. The lowest BCUT2D eigenvalue weighted by Gasteiger charge is -2.05. The minimum absolute atomic E-state index is 0.0591. The largest absolute Gasteiger partial charge is 0.314 e. The van der Waals surface area contributed by atoms with E-state index in [0.717, 1.165) is 10.2 Å². The normalized spacial score (nSPS) is 10.7. The van der Waals surface area contributed by atoms with Crippen molar-refractivity contribution in [1.82, 2.24) is 20.3 Å². The predicted octanol–water partition coefficient (Wildman–Crippen LogP) is 1.97. The number of nitro groups is 1. The molecule has 8 heteroatoms. The molecule has 0 saturated carbocycles. The van der Waals surface area contributed by atoms with E-state index in [0.29, 0.717) is 17.8 Å². The topological polar surface area (TPSA) is 85.9 Å². The van der Waals surface area contributed by atoms with Gasteiger partial charge in [0.25, 0.3) is 5.69 Å². The van der Waals surface area contributed by atoms with Crippen molar-refractivity contribution in [2.45, 2.75) is 13.5 Å². The Kier molecular flexibility index (Phi) is 3.91. The van der Waals surface area contributed by atoms with E-state index in [9.17, 15) is 10.1 Å². The fourth-order valence-corrected chi connectivity index (χ4v) is 2.34. The van der Waals surface area contributed by atoms with E-state index in [1.807, 2.05) is 7.05 Å². The van der Waals surface area contributed by atoms with E-state index in [1.165, 1.54) is 10.7 Å². The number of nitro benzene ring substituents is 1. The second kappa shape index (κ2) is 5.45. The summed E-state index contributed by atoms with van der Waals surface area (Å²) < 4.78 is 2.25. The van der Waals surface area contributed by atoms with Crippen LogP contribution in [-0.4, -0.2) is 27.0 Å². The highest BCUT2D eigenvalue weighted by Gasteiger charge is 2.16. The van der Waals surface area contributed by atoms with E-state index in [4.69, 9.17) is 0 Å². The summed E-state index contributed by atoms with van der Waals surface area (Å²) in [7, 11) is 1.81. The van der Waals surface area contributed by atoms with Crippen LogP contribution in [0.25, 0.3) is 5.69 Å². The summed E-state index contributed by atoms with van der Waals surface area (Å²) in [5, 5.41) is 21.9. The number of nitrogens with one attached hydrogen (secondary N) is 1. The molecule has 1 heterocycles. The Bertz CT molecular complexity index is 626. The number of nitrogens with zero attached hydrogens (tertiary/aromatic N) is 4. The van der Waals surface area contributed by atoms with Crippen LogP contribution in [-0.2, 0) is 6.54 Å². The van der Waals surface area contributed by atoms with Crippen LogP contribution < -0.4 is 5.32 Å². The summed E-state index contributed by atoms with van der Waals surface area (Å²) in [5.74, 6) is 0. The van der Waals surface area contributed by atoms with Gasteiger partial charge in [-0.15, -0.1) is 5.10 Å². The number of hydrogen-bond donors (Lipinski definition) is 1. The zero-order valence-corrected chi connectivity index (χ0v) is 12.0. The molecule has 0 aliphatic rings. The van der Waals surface area contributed by atoms with Crippen molar-refractivity contribution < 1.29 is 4.92 Å². The van der Waals surface area contributed by atoms with Crippen molar-refractivity contribution in [2.24, 2.45) is 0 Å². The van der Waals surface area contributed by atoms with Gasteiger partial charge in [-0.3, -0.25) is 10.1 Å². The lowest BCUT2D eigenvalue weighted by molar-refractivity contribution is -0.385. The maximum absolute atomic E-state index is 11.0. The van der Waals surface area contributed by atoms with Gasteiger partial charge in [0, 0.05) is 22.6 Å². The van der Waals surface area contributed by atoms with Gasteiger partial charge >= 0.3 is 0 Å². The van der Waals surface area contributed by atoms with Gasteiger partial charge in [-0.05, 0) is 36.0 Å². The Morgan fingerprint density at radius 1 is 1.53 bits per heavy atom. The van der Waals surface area contributed by atoms with Gasteiger partial charge in [-0.2, -0.15) is 0 Å². The average molecular weight is 326 g/mol. The number of aromatic nitrogens is 3. The molecule has 7 nitrogen and oxygen atoms in total. The average Bonchev–Trinajstić information content (AvgIpc) is 2.77. The Balaban J connectivity index is 2.48. The summed E-state index contributed by atoms with van der Waals surface area (Å²) in [4.78, 5) is 10.6. The standard InChI is InChI=1S/C11H12BrN5O2/c1-7-3-9(12)11(4-10(7)17(18)19)16-6-8(5-13-2)14-15-16/h3-4,6,13H,5H2,1-2H3. The molecule has 19 heavy (non-hydrogen) atoms. The van der Waals surface area contributed by atoms with Crippen LogP contribution in [0.4, 0.5) is 5.69 Å². The second-order valence-corrected chi connectivity index (χ2v) is 4.89. The molecule has 0 unspecified atom stereocenters. The quantitative estimate of drug-likeness (QED) is 0.686. The van der Waals surface area contributed by atoms with Crippen molar-refractivity contribution >= 4 is 21.6 Å². The first-order chi connectivity index (χ1) is 9.02. The van der Waals surface area contributed by atoms with Gasteiger partial charge in [-0.25, -0.2) is 4.68 Å². The van der Waals surface area contributed by atoms with Crippen LogP contribution in [0, 0.1) is 17.0 Å². The van der Waals surface area contributed by atoms with Gasteiger partial charge in [-0.1, -0.05) is 5.21 Å². The minimum Gasteiger partial charge on any atom is -0.314 e. The van der Waals surface area contributed by atoms with Gasteiger partial charge in [0.15, 0.2) is 0 Å². The molecule has 0 fully saturated rings. The third kappa shape index (κ3) is 2.79. The van der Waals surface area contributed by atoms with Crippen LogP contribution in [0.5, 0.6) is 0 Å². The molecule has 0 radical (unpaired) electrons. The zero-order chi connectivity index (χ0) is 14.0. The number of hydrogen-bond acceptors (Lipinski definition) is 5. The Labute approximate surface area is 117 Å². The highest BCUT2D eigenvalue weighted by Crippen LogP contribution is 2.29. The van der Waals surface area contributed by atoms with Crippen LogP contribution in [0.3, 0.4) is 0 Å². The summed E-state index contributed by atoms with van der Waals surface area (Å²) >= 11 is 3.39. The smallest absolute Gasteiger partial charge is 0.274 e. The summed E-state index contributed by atoms with van der Waals surface area (Å²) in [5.41, 5.74) is 2.00. The van der Waals surface area contributed by atoms with Crippen molar-refractivity contribution in [3.8, 4) is 5.69 Å². The molecule has 2 rings (SSSR count). The van der Waals surface area contributed by atoms with E-state index in [1.54, 1.807) is 19.2 Å². The molecule has 0 amide bonds. The summed E-state index contributed by atoms with van der Waals surface area (Å²) in [6.07, 6.45) is 1.73. The maximum Gasteiger partial charge on any atom is 0.274 e. The van der Waals surface area contributed by atoms with Crippen LogP contribution in [0.15, 0.2) is 22.8 Å². The number of aryl methyl sites for hydroxylation is 1. The van der Waals surface area contributed by atoms with Gasteiger partial charge < -0.3 is 5.32 Å². The SMILES string of the molecule is CNCc1cn(-c2cc([N+](=O)[O-])c(C)cc2Br)nn1. The Morgan fingerprint density at radius 2 is 2.26 bits per heavy atom. The third-order valence-electron chi connectivity index (χ3n) is 2.61. The first kappa shape index (κ1) is 13.6. The molecule has 100 valence electrons. The van der Waals surface area contributed by atoms with Crippen molar-refractivity contribution in [3.63, 3.8) is 0 Å². The van der Waals surface area contributed by atoms with Gasteiger partial charge in [0.05, 0.1) is 22.5 Å². The molecule has 2 aromatic rings. The molecule has 0 aliphatic carbocycles. The van der Waals surface area contributed by atoms with Crippen LogP contribution in [0.1, 0.15) is 11.3 Å². The molecule has 0 saturated heterocycles. The van der Waals surface area contributed by atoms with Crippen molar-refractivity contribution in [2.75, 3.05) is 7.05 Å². The van der Waals surface area contributed by atoms with Crippen LogP contribution >= 0.6 is 15.9 Å².